The number of hydrogen-bond acceptors (Lipinski definition) is 2. The van der Waals surface area contributed by atoms with Crippen molar-refractivity contribution in [2.24, 2.45) is 0 Å². The Labute approximate surface area is 67.9 Å². The first-order valence-electron chi connectivity index (χ1n) is 4.36. The van der Waals surface area contributed by atoms with Crippen LogP contribution in [0.5, 0.6) is 0 Å². The molecule has 0 spiro atoms. The first-order valence-corrected chi connectivity index (χ1v) is 4.36. The van der Waals surface area contributed by atoms with E-state index in [2.05, 4.69) is 0 Å². The predicted octanol–water partition coefficient (Wildman–Crippen LogP) is 1.83. The SMILES string of the molecule is CC([C]=O)OC1CCCCC1. The van der Waals surface area contributed by atoms with Crippen LogP contribution in [0.25, 0.3) is 0 Å². The molecular weight excluding hydrogens is 140 g/mol. The van der Waals surface area contributed by atoms with Gasteiger partial charge in [0, 0.05) is 0 Å². The molecule has 1 fully saturated rings. The normalized spacial score (nSPS) is 23.0. The van der Waals surface area contributed by atoms with Crippen molar-refractivity contribution in [3.63, 3.8) is 0 Å². The predicted molar refractivity (Wildman–Crippen MR) is 43.1 cm³/mol. The zero-order valence-electron chi connectivity index (χ0n) is 7.01. The molecule has 2 heteroatoms. The standard InChI is InChI=1S/C9H15O2/c1-8(7-10)11-9-5-3-2-4-6-9/h8-9H,2-6H2,1H3. The highest BCUT2D eigenvalue weighted by atomic mass is 16.5. The molecule has 0 saturated heterocycles. The van der Waals surface area contributed by atoms with Crippen molar-refractivity contribution >= 4 is 6.29 Å². The summed E-state index contributed by atoms with van der Waals surface area (Å²) >= 11 is 0. The fourth-order valence-electron chi connectivity index (χ4n) is 1.52. The zero-order valence-corrected chi connectivity index (χ0v) is 7.01. The van der Waals surface area contributed by atoms with Crippen molar-refractivity contribution in [3.8, 4) is 0 Å². The van der Waals surface area contributed by atoms with Gasteiger partial charge in [0.25, 0.3) is 0 Å². The first-order chi connectivity index (χ1) is 5.33. The maximum Gasteiger partial charge on any atom is 0.229 e. The average Bonchev–Trinajstić information content (AvgIpc) is 2.06. The first kappa shape index (κ1) is 8.72. The van der Waals surface area contributed by atoms with Crippen LogP contribution in [0.1, 0.15) is 39.0 Å². The second-order valence-corrected chi connectivity index (χ2v) is 3.16. The molecule has 0 aromatic carbocycles. The number of rotatable bonds is 3. The van der Waals surface area contributed by atoms with Crippen molar-refractivity contribution in [2.75, 3.05) is 0 Å². The molecule has 1 atom stereocenters. The largest absolute Gasteiger partial charge is 0.367 e. The van der Waals surface area contributed by atoms with Gasteiger partial charge in [-0.2, -0.15) is 0 Å². The van der Waals surface area contributed by atoms with Crippen molar-refractivity contribution in [1.29, 1.82) is 0 Å². The Balaban J connectivity index is 2.18. The Kier molecular flexibility index (Phi) is 3.57. The molecule has 1 aliphatic rings. The van der Waals surface area contributed by atoms with Crippen LogP contribution in [0, 0.1) is 0 Å². The van der Waals surface area contributed by atoms with Gasteiger partial charge in [-0.15, -0.1) is 0 Å². The van der Waals surface area contributed by atoms with E-state index in [4.69, 9.17) is 4.74 Å². The Hall–Kier alpha value is -0.370. The van der Waals surface area contributed by atoms with Crippen LogP contribution < -0.4 is 0 Å². The summed E-state index contributed by atoms with van der Waals surface area (Å²) < 4.78 is 5.42. The molecule has 0 aliphatic heterocycles. The van der Waals surface area contributed by atoms with E-state index in [1.165, 1.54) is 19.3 Å². The molecule has 0 bridgehead atoms. The second-order valence-electron chi connectivity index (χ2n) is 3.16. The van der Waals surface area contributed by atoms with Crippen molar-refractivity contribution in [3.05, 3.63) is 0 Å². The van der Waals surface area contributed by atoms with Crippen LogP contribution in [0.2, 0.25) is 0 Å². The molecule has 0 aromatic heterocycles. The molecule has 0 amide bonds. The quantitative estimate of drug-likeness (QED) is 0.621. The molecule has 1 rings (SSSR count). The summed E-state index contributed by atoms with van der Waals surface area (Å²) in [6, 6.07) is 0. The maximum absolute atomic E-state index is 10.1. The fraction of sp³-hybridized carbons (Fsp3) is 0.889. The Morgan fingerprint density at radius 1 is 1.36 bits per heavy atom. The summed E-state index contributed by atoms with van der Waals surface area (Å²) in [4.78, 5) is 10.1. The summed E-state index contributed by atoms with van der Waals surface area (Å²) in [5.41, 5.74) is 0. The summed E-state index contributed by atoms with van der Waals surface area (Å²) in [6.07, 6.45) is 7.87. The molecule has 2 nitrogen and oxygen atoms in total. The second kappa shape index (κ2) is 4.50. The van der Waals surface area contributed by atoms with E-state index >= 15 is 0 Å². The molecular formula is C9H15O2. The topological polar surface area (TPSA) is 26.3 Å². The fourth-order valence-corrected chi connectivity index (χ4v) is 1.52. The number of ether oxygens (including phenoxy) is 1. The maximum atomic E-state index is 10.1. The molecule has 11 heavy (non-hydrogen) atoms. The van der Waals surface area contributed by atoms with E-state index < -0.39 is 0 Å². The van der Waals surface area contributed by atoms with Gasteiger partial charge in [0.2, 0.25) is 6.29 Å². The van der Waals surface area contributed by atoms with Gasteiger partial charge in [-0.25, -0.2) is 0 Å². The van der Waals surface area contributed by atoms with Gasteiger partial charge >= 0.3 is 0 Å². The smallest absolute Gasteiger partial charge is 0.229 e. The average molecular weight is 155 g/mol. The lowest BCUT2D eigenvalue weighted by atomic mass is 9.98. The highest BCUT2D eigenvalue weighted by Gasteiger charge is 2.16. The molecule has 63 valence electrons. The number of carbonyl (C=O) groups excluding carboxylic acids is 1. The lowest BCUT2D eigenvalue weighted by Crippen LogP contribution is -2.22. The van der Waals surface area contributed by atoms with Crippen LogP contribution in [-0.2, 0) is 9.53 Å². The van der Waals surface area contributed by atoms with E-state index in [1.807, 2.05) is 6.29 Å². The van der Waals surface area contributed by atoms with Gasteiger partial charge in [-0.1, -0.05) is 19.3 Å². The van der Waals surface area contributed by atoms with Gasteiger partial charge in [0.05, 0.1) is 6.10 Å². The van der Waals surface area contributed by atoms with E-state index in [1.54, 1.807) is 6.92 Å². The van der Waals surface area contributed by atoms with Crippen LogP contribution in [0.3, 0.4) is 0 Å². The summed E-state index contributed by atoms with van der Waals surface area (Å²) in [5.74, 6) is 0. The Bertz CT molecular complexity index is 117. The van der Waals surface area contributed by atoms with Crippen LogP contribution >= 0.6 is 0 Å². The molecule has 1 saturated carbocycles. The van der Waals surface area contributed by atoms with E-state index in [9.17, 15) is 4.79 Å². The number of hydrogen-bond donors (Lipinski definition) is 0. The highest BCUT2D eigenvalue weighted by molar-refractivity contribution is 5.56. The van der Waals surface area contributed by atoms with Gasteiger partial charge < -0.3 is 4.74 Å². The molecule has 0 aromatic rings. The summed E-state index contributed by atoms with van der Waals surface area (Å²) in [7, 11) is 0. The molecule has 1 unspecified atom stereocenters. The third-order valence-electron chi connectivity index (χ3n) is 2.11. The molecule has 1 radical (unpaired) electrons. The third kappa shape index (κ3) is 3.02. The van der Waals surface area contributed by atoms with Gasteiger partial charge in [-0.05, 0) is 19.8 Å². The van der Waals surface area contributed by atoms with Crippen LogP contribution in [-0.4, -0.2) is 18.5 Å². The monoisotopic (exact) mass is 155 g/mol. The highest BCUT2D eigenvalue weighted by Crippen LogP contribution is 2.20. The minimum Gasteiger partial charge on any atom is -0.367 e. The Morgan fingerprint density at radius 2 is 2.00 bits per heavy atom. The van der Waals surface area contributed by atoms with Crippen molar-refractivity contribution in [2.45, 2.75) is 51.2 Å². The molecule has 0 heterocycles. The van der Waals surface area contributed by atoms with E-state index in [-0.39, 0.29) is 6.10 Å². The minimum absolute atomic E-state index is 0.320. The van der Waals surface area contributed by atoms with Gasteiger partial charge in [0.15, 0.2) is 0 Å². The summed E-state index contributed by atoms with van der Waals surface area (Å²) in [6.45, 7) is 1.75. The lowest BCUT2D eigenvalue weighted by molar-refractivity contribution is 0.00907. The lowest BCUT2D eigenvalue weighted by Gasteiger charge is -2.23. The van der Waals surface area contributed by atoms with Crippen molar-refractivity contribution < 1.29 is 9.53 Å². The van der Waals surface area contributed by atoms with Crippen molar-refractivity contribution in [1.82, 2.24) is 0 Å². The van der Waals surface area contributed by atoms with Crippen LogP contribution in [0.15, 0.2) is 0 Å². The zero-order chi connectivity index (χ0) is 8.10. The summed E-state index contributed by atoms with van der Waals surface area (Å²) in [5, 5.41) is 0. The van der Waals surface area contributed by atoms with Gasteiger partial charge in [-0.3, -0.25) is 4.79 Å². The van der Waals surface area contributed by atoms with Crippen LogP contribution in [0.4, 0.5) is 0 Å². The Morgan fingerprint density at radius 3 is 2.55 bits per heavy atom. The van der Waals surface area contributed by atoms with Gasteiger partial charge in [0.1, 0.15) is 6.10 Å². The molecule has 0 N–H and O–H groups in total. The minimum atomic E-state index is -0.335. The van der Waals surface area contributed by atoms with E-state index in [0.29, 0.717) is 6.10 Å². The molecule has 1 aliphatic carbocycles. The van der Waals surface area contributed by atoms with E-state index in [0.717, 1.165) is 12.8 Å². The third-order valence-corrected chi connectivity index (χ3v) is 2.11.